The number of Topliss-reactive ketones (excluding diaryl/α,β-unsaturated/α-hetero) is 1. The van der Waals surface area contributed by atoms with Crippen molar-refractivity contribution in [3.8, 4) is 0 Å². The van der Waals surface area contributed by atoms with Crippen LogP contribution in [0.1, 0.15) is 6.92 Å². The molecule has 5 atom stereocenters. The molecule has 1 aliphatic rings. The van der Waals surface area contributed by atoms with Crippen LogP contribution in [0, 0.1) is 0 Å². The second-order valence-electron chi connectivity index (χ2n) is 5.76. The van der Waals surface area contributed by atoms with Gasteiger partial charge in [-0.15, -0.1) is 0 Å². The highest BCUT2D eigenvalue weighted by atomic mass is 16.6. The van der Waals surface area contributed by atoms with Crippen LogP contribution in [0.2, 0.25) is 0 Å². The molecule has 0 aromatic carbocycles. The van der Waals surface area contributed by atoms with Gasteiger partial charge in [-0.1, -0.05) is 0 Å². The maximum Gasteiger partial charge on any atom is 0.237 e. The van der Waals surface area contributed by atoms with Gasteiger partial charge in [0.1, 0.15) is 30.4 Å². The largest absolute Gasteiger partial charge is 0.394 e. The predicted molar refractivity (Wildman–Crippen MR) is 82.3 cm³/mol. The summed E-state index contributed by atoms with van der Waals surface area (Å²) in [6.07, 6.45) is 0.0252. The number of carbonyl (C=O) groups excluding carboxylic acids is 1. The Morgan fingerprint density at radius 3 is 2.79 bits per heavy atom. The lowest BCUT2D eigenvalue weighted by molar-refractivity contribution is -0.174. The summed E-state index contributed by atoms with van der Waals surface area (Å²) in [5.41, 5.74) is 15.9. The molecule has 0 bridgehead atoms. The molecular weight excluding hydrogens is 318 g/mol. The van der Waals surface area contributed by atoms with Crippen LogP contribution in [0.5, 0.6) is 0 Å². The van der Waals surface area contributed by atoms with Gasteiger partial charge in [-0.3, -0.25) is 9.36 Å². The first-order valence-electron chi connectivity index (χ1n) is 7.30. The Labute approximate surface area is 136 Å². The summed E-state index contributed by atoms with van der Waals surface area (Å²) in [6.45, 7) is 0.983. The van der Waals surface area contributed by atoms with Crippen molar-refractivity contribution in [2.45, 2.75) is 36.9 Å². The minimum absolute atomic E-state index is 0.109. The SMILES string of the molecule is C[C@H](N)C(=O)[C@@]1(n2cnc3c(N)ncnc32)O[C@H](CO)[C@@H](N)[C@H]1O. The number of carbonyl (C=O) groups is 1. The van der Waals surface area contributed by atoms with Crippen molar-refractivity contribution in [2.24, 2.45) is 11.5 Å². The van der Waals surface area contributed by atoms with E-state index in [4.69, 9.17) is 21.9 Å². The molecule has 3 rings (SSSR count). The van der Waals surface area contributed by atoms with E-state index in [2.05, 4.69) is 15.0 Å². The molecule has 0 radical (unpaired) electrons. The molecular formula is C13H19N7O4. The number of aromatic nitrogens is 4. The standard InChI is InChI=1S/C13H19N7O4/c1-5(14)9(22)13(10(23)7(15)6(2-21)24-13)20-4-19-8-11(16)17-3-18-12(8)20/h3-7,10,21,23H,2,14-15H2,1H3,(H2,16,17,18)/t5-,6+,7+,10+,13+/m0/s1. The fraction of sp³-hybridized carbons (Fsp3) is 0.538. The zero-order valence-corrected chi connectivity index (χ0v) is 12.9. The maximum absolute atomic E-state index is 12.8. The topological polar surface area (TPSA) is 188 Å². The number of aliphatic hydroxyl groups excluding tert-OH is 2. The molecule has 0 saturated carbocycles. The van der Waals surface area contributed by atoms with Gasteiger partial charge in [-0.25, -0.2) is 15.0 Å². The first-order chi connectivity index (χ1) is 11.3. The first-order valence-corrected chi connectivity index (χ1v) is 7.30. The van der Waals surface area contributed by atoms with Crippen molar-refractivity contribution in [2.75, 3.05) is 12.3 Å². The molecule has 1 aliphatic heterocycles. The van der Waals surface area contributed by atoms with Crippen LogP contribution in [0.3, 0.4) is 0 Å². The Morgan fingerprint density at radius 1 is 1.50 bits per heavy atom. The fourth-order valence-electron chi connectivity index (χ4n) is 2.95. The number of anilines is 1. The van der Waals surface area contributed by atoms with E-state index in [0.29, 0.717) is 0 Å². The molecule has 11 heteroatoms. The number of nitrogens with two attached hydrogens (primary N) is 3. The lowest BCUT2D eigenvalue weighted by atomic mass is 9.93. The molecule has 2 aromatic heterocycles. The highest BCUT2D eigenvalue weighted by molar-refractivity contribution is 5.93. The number of hydrogen-bond acceptors (Lipinski definition) is 10. The van der Waals surface area contributed by atoms with Crippen LogP contribution in [-0.2, 0) is 15.3 Å². The summed E-state index contributed by atoms with van der Waals surface area (Å²) < 4.78 is 6.95. The number of fused-ring (bicyclic) bond motifs is 1. The number of ketones is 1. The second kappa shape index (κ2) is 5.72. The Hall–Kier alpha value is -2.18. The minimum Gasteiger partial charge on any atom is -0.394 e. The van der Waals surface area contributed by atoms with Crippen molar-refractivity contribution in [3.05, 3.63) is 12.7 Å². The molecule has 0 unspecified atom stereocenters. The Balaban J connectivity index is 2.26. The molecule has 0 amide bonds. The zero-order chi connectivity index (χ0) is 17.6. The fourth-order valence-corrected chi connectivity index (χ4v) is 2.95. The maximum atomic E-state index is 12.8. The van der Waals surface area contributed by atoms with Gasteiger partial charge in [-0.05, 0) is 6.92 Å². The third kappa shape index (κ3) is 2.10. The average molecular weight is 337 g/mol. The van der Waals surface area contributed by atoms with Gasteiger partial charge in [0.15, 0.2) is 11.5 Å². The van der Waals surface area contributed by atoms with Crippen molar-refractivity contribution >= 4 is 22.8 Å². The zero-order valence-electron chi connectivity index (χ0n) is 12.9. The number of imidazole rings is 1. The van der Waals surface area contributed by atoms with Crippen LogP contribution in [0.25, 0.3) is 11.2 Å². The lowest BCUT2D eigenvalue weighted by Gasteiger charge is -2.33. The summed E-state index contributed by atoms with van der Waals surface area (Å²) in [4.78, 5) is 24.8. The highest BCUT2D eigenvalue weighted by Crippen LogP contribution is 2.38. The number of aliphatic hydroxyl groups is 2. The van der Waals surface area contributed by atoms with Gasteiger partial charge < -0.3 is 32.2 Å². The van der Waals surface area contributed by atoms with Gasteiger partial charge in [0, 0.05) is 0 Å². The molecule has 0 aliphatic carbocycles. The monoisotopic (exact) mass is 337 g/mol. The lowest BCUT2D eigenvalue weighted by Crippen LogP contribution is -2.57. The van der Waals surface area contributed by atoms with E-state index < -0.39 is 42.4 Å². The third-order valence-corrected chi connectivity index (χ3v) is 4.19. The second-order valence-corrected chi connectivity index (χ2v) is 5.76. The van der Waals surface area contributed by atoms with Gasteiger partial charge in [0.05, 0.1) is 18.7 Å². The van der Waals surface area contributed by atoms with Crippen molar-refractivity contribution in [1.29, 1.82) is 0 Å². The molecule has 3 heterocycles. The quantitative estimate of drug-likeness (QED) is 0.386. The predicted octanol–water partition coefficient (Wildman–Crippen LogP) is -2.94. The van der Waals surface area contributed by atoms with Crippen LogP contribution in [-0.4, -0.2) is 66.4 Å². The number of nitrogens with zero attached hydrogens (tertiary/aromatic N) is 4. The molecule has 130 valence electrons. The molecule has 0 spiro atoms. The number of hydrogen-bond donors (Lipinski definition) is 5. The van der Waals surface area contributed by atoms with E-state index in [0.717, 1.165) is 0 Å². The Bertz CT molecular complexity index is 779. The van der Waals surface area contributed by atoms with Crippen LogP contribution < -0.4 is 17.2 Å². The van der Waals surface area contributed by atoms with Crippen molar-refractivity contribution in [1.82, 2.24) is 19.5 Å². The molecule has 24 heavy (non-hydrogen) atoms. The first kappa shape index (κ1) is 16.7. The normalized spacial score (nSPS) is 31.5. The summed E-state index contributed by atoms with van der Waals surface area (Å²) >= 11 is 0. The molecule has 2 aromatic rings. The summed E-state index contributed by atoms with van der Waals surface area (Å²) in [6, 6.07) is -1.98. The van der Waals surface area contributed by atoms with E-state index in [1.165, 1.54) is 24.1 Å². The van der Waals surface area contributed by atoms with Crippen LogP contribution >= 0.6 is 0 Å². The van der Waals surface area contributed by atoms with E-state index >= 15 is 0 Å². The molecule has 8 N–H and O–H groups in total. The van der Waals surface area contributed by atoms with Gasteiger partial charge >= 0.3 is 0 Å². The Morgan fingerprint density at radius 2 is 2.21 bits per heavy atom. The average Bonchev–Trinajstić information content (AvgIpc) is 3.09. The summed E-state index contributed by atoms with van der Waals surface area (Å²) in [7, 11) is 0. The van der Waals surface area contributed by atoms with Crippen LogP contribution in [0.4, 0.5) is 5.82 Å². The highest BCUT2D eigenvalue weighted by Gasteiger charge is 2.60. The number of nitrogen functional groups attached to an aromatic ring is 1. The van der Waals surface area contributed by atoms with E-state index in [1.807, 2.05) is 0 Å². The Kier molecular flexibility index (Phi) is 3.97. The van der Waals surface area contributed by atoms with Crippen molar-refractivity contribution in [3.63, 3.8) is 0 Å². The molecule has 11 nitrogen and oxygen atoms in total. The van der Waals surface area contributed by atoms with Gasteiger partial charge in [-0.2, -0.15) is 0 Å². The smallest absolute Gasteiger partial charge is 0.237 e. The van der Waals surface area contributed by atoms with E-state index in [-0.39, 0.29) is 17.0 Å². The van der Waals surface area contributed by atoms with Crippen LogP contribution in [0.15, 0.2) is 12.7 Å². The summed E-state index contributed by atoms with van der Waals surface area (Å²) in [5, 5.41) is 20.1. The summed E-state index contributed by atoms with van der Waals surface area (Å²) in [5.74, 6) is -0.518. The molecule has 1 saturated heterocycles. The third-order valence-electron chi connectivity index (χ3n) is 4.19. The van der Waals surface area contributed by atoms with E-state index in [9.17, 15) is 15.0 Å². The van der Waals surface area contributed by atoms with Gasteiger partial charge in [0.2, 0.25) is 11.5 Å². The number of rotatable bonds is 4. The minimum atomic E-state index is -1.96. The number of ether oxygens (including phenoxy) is 1. The van der Waals surface area contributed by atoms with Gasteiger partial charge in [0.25, 0.3) is 0 Å². The van der Waals surface area contributed by atoms with Crippen molar-refractivity contribution < 1.29 is 19.7 Å². The molecule has 1 fully saturated rings. The van der Waals surface area contributed by atoms with E-state index in [1.54, 1.807) is 0 Å².